The molecule has 2 unspecified atom stereocenters. The molecular formula is C25H37N3O3. The minimum Gasteiger partial charge on any atom is -0.493 e. The lowest BCUT2D eigenvalue weighted by Gasteiger charge is -2.18. The molecule has 1 fully saturated rings. The minimum atomic E-state index is -0.366. The van der Waals surface area contributed by atoms with Gasteiger partial charge in [-0.3, -0.25) is 4.98 Å². The third-order valence-electron chi connectivity index (χ3n) is 6.43. The Bertz CT molecular complexity index is 911. The van der Waals surface area contributed by atoms with Crippen molar-refractivity contribution < 1.29 is 14.6 Å². The Morgan fingerprint density at radius 2 is 2.00 bits per heavy atom. The second-order valence-corrected chi connectivity index (χ2v) is 9.65. The fourth-order valence-corrected chi connectivity index (χ4v) is 4.40. The quantitative estimate of drug-likeness (QED) is 0.567. The average molecular weight is 428 g/mol. The Morgan fingerprint density at radius 1 is 1.19 bits per heavy atom. The molecule has 1 saturated carbocycles. The van der Waals surface area contributed by atoms with E-state index in [1.165, 1.54) is 29.8 Å². The number of fused-ring (bicyclic) bond motifs is 2. The predicted octanol–water partition coefficient (Wildman–Crippen LogP) is 3.88. The molecule has 6 heteroatoms. The number of ether oxygens (including phenoxy) is 2. The first-order valence-electron chi connectivity index (χ1n) is 11.7. The summed E-state index contributed by atoms with van der Waals surface area (Å²) < 4.78 is 11.7. The predicted molar refractivity (Wildman–Crippen MR) is 125 cm³/mol. The van der Waals surface area contributed by atoms with Crippen LogP contribution in [0.4, 0.5) is 5.69 Å². The van der Waals surface area contributed by atoms with Gasteiger partial charge in [-0.05, 0) is 76.2 Å². The molecule has 1 heterocycles. The van der Waals surface area contributed by atoms with Crippen LogP contribution in [0.15, 0.2) is 12.1 Å². The van der Waals surface area contributed by atoms with Crippen LogP contribution in [0.5, 0.6) is 11.5 Å². The largest absolute Gasteiger partial charge is 0.493 e. The number of aromatic nitrogens is 1. The standard InChI is InChI=1S/C25H37N3O3/c1-16-11-19-21(12-16)27-22-14-24(31-10-8-18(29)7-9-28(2)3)23(30-4)13-20(22)25(19)26-15-17-5-6-17/h13-14,16-18,29H,5-12,15H2,1-4H3,(H,26,27). The molecule has 0 amide bonds. The summed E-state index contributed by atoms with van der Waals surface area (Å²) in [5.74, 6) is 2.85. The van der Waals surface area contributed by atoms with Crippen LogP contribution in [0.25, 0.3) is 10.9 Å². The van der Waals surface area contributed by atoms with Crippen LogP contribution in [-0.2, 0) is 12.8 Å². The maximum atomic E-state index is 10.2. The van der Waals surface area contributed by atoms with Crippen molar-refractivity contribution in [2.75, 3.05) is 46.2 Å². The van der Waals surface area contributed by atoms with Crippen molar-refractivity contribution in [2.45, 2.75) is 51.6 Å². The summed E-state index contributed by atoms with van der Waals surface area (Å²) in [5, 5.41) is 15.1. The average Bonchev–Trinajstić information content (AvgIpc) is 3.49. The van der Waals surface area contributed by atoms with Crippen LogP contribution in [-0.4, -0.2) is 62.0 Å². The van der Waals surface area contributed by atoms with Gasteiger partial charge in [-0.1, -0.05) is 6.92 Å². The van der Waals surface area contributed by atoms with Crippen molar-refractivity contribution in [3.05, 3.63) is 23.4 Å². The van der Waals surface area contributed by atoms with E-state index in [1.807, 2.05) is 20.2 Å². The number of hydrogen-bond acceptors (Lipinski definition) is 6. The van der Waals surface area contributed by atoms with Crippen molar-refractivity contribution in [1.29, 1.82) is 0 Å². The summed E-state index contributed by atoms with van der Waals surface area (Å²) >= 11 is 0. The van der Waals surface area contributed by atoms with Crippen molar-refractivity contribution in [3.8, 4) is 11.5 Å². The van der Waals surface area contributed by atoms with Crippen LogP contribution in [0.1, 0.15) is 43.9 Å². The number of pyridine rings is 1. The highest BCUT2D eigenvalue weighted by Gasteiger charge is 2.27. The van der Waals surface area contributed by atoms with Gasteiger partial charge in [0.15, 0.2) is 11.5 Å². The molecule has 0 spiro atoms. The summed E-state index contributed by atoms with van der Waals surface area (Å²) in [6.45, 7) is 4.65. The van der Waals surface area contributed by atoms with Gasteiger partial charge in [-0.25, -0.2) is 0 Å². The van der Waals surface area contributed by atoms with E-state index in [-0.39, 0.29) is 6.10 Å². The van der Waals surface area contributed by atoms with E-state index >= 15 is 0 Å². The van der Waals surface area contributed by atoms with E-state index in [9.17, 15) is 5.11 Å². The lowest BCUT2D eigenvalue weighted by Crippen LogP contribution is -2.21. The number of methoxy groups -OCH3 is 1. The molecule has 0 saturated heterocycles. The van der Waals surface area contributed by atoms with Crippen molar-refractivity contribution in [3.63, 3.8) is 0 Å². The molecule has 2 aliphatic carbocycles. The van der Waals surface area contributed by atoms with Crippen LogP contribution in [0.2, 0.25) is 0 Å². The number of rotatable bonds is 11. The molecule has 1 aromatic carbocycles. The van der Waals surface area contributed by atoms with E-state index in [1.54, 1.807) is 7.11 Å². The van der Waals surface area contributed by atoms with Gasteiger partial charge < -0.3 is 24.8 Å². The Hall–Kier alpha value is -2.05. The van der Waals surface area contributed by atoms with Crippen molar-refractivity contribution in [2.24, 2.45) is 11.8 Å². The van der Waals surface area contributed by atoms with E-state index in [0.29, 0.717) is 24.7 Å². The molecule has 2 aromatic rings. The Morgan fingerprint density at radius 3 is 2.71 bits per heavy atom. The zero-order chi connectivity index (χ0) is 22.0. The summed E-state index contributed by atoms with van der Waals surface area (Å²) in [7, 11) is 5.71. The number of nitrogens with one attached hydrogen (secondary N) is 1. The molecule has 2 N–H and O–H groups in total. The number of aliphatic hydroxyl groups is 1. The normalized spacial score (nSPS) is 19.0. The molecule has 0 radical (unpaired) electrons. The van der Waals surface area contributed by atoms with Crippen molar-refractivity contribution >= 4 is 16.6 Å². The lowest BCUT2D eigenvalue weighted by atomic mass is 10.0. The smallest absolute Gasteiger partial charge is 0.163 e. The number of hydrogen-bond donors (Lipinski definition) is 2. The zero-order valence-electron chi connectivity index (χ0n) is 19.4. The molecule has 2 atom stereocenters. The van der Waals surface area contributed by atoms with Gasteiger partial charge in [0.1, 0.15) is 0 Å². The Balaban J connectivity index is 1.55. The molecule has 0 bridgehead atoms. The highest BCUT2D eigenvalue weighted by atomic mass is 16.5. The van der Waals surface area contributed by atoms with Gasteiger partial charge in [0.05, 0.1) is 25.3 Å². The molecule has 6 nitrogen and oxygen atoms in total. The van der Waals surface area contributed by atoms with Crippen LogP contribution < -0.4 is 14.8 Å². The first-order valence-corrected chi connectivity index (χ1v) is 11.7. The first kappa shape index (κ1) is 22.2. The van der Waals surface area contributed by atoms with Gasteiger partial charge in [0.25, 0.3) is 0 Å². The fraction of sp³-hybridized carbons (Fsp3) is 0.640. The molecule has 1 aromatic heterocycles. The number of aliphatic hydroxyl groups excluding tert-OH is 1. The number of nitrogens with zero attached hydrogens (tertiary/aromatic N) is 2. The maximum absolute atomic E-state index is 10.2. The maximum Gasteiger partial charge on any atom is 0.163 e. The SMILES string of the molecule is COc1cc2c(NCC3CC3)c3c(nc2cc1OCCC(O)CCN(C)C)CC(C)C3. The van der Waals surface area contributed by atoms with Crippen LogP contribution in [0, 0.1) is 11.8 Å². The summed E-state index contributed by atoms with van der Waals surface area (Å²) in [6, 6.07) is 4.07. The highest BCUT2D eigenvalue weighted by molar-refractivity contribution is 5.96. The van der Waals surface area contributed by atoms with E-state index < -0.39 is 0 Å². The molecular weight excluding hydrogens is 390 g/mol. The van der Waals surface area contributed by atoms with Gasteiger partial charge >= 0.3 is 0 Å². The second kappa shape index (κ2) is 9.61. The fourth-order valence-electron chi connectivity index (χ4n) is 4.40. The second-order valence-electron chi connectivity index (χ2n) is 9.65. The van der Waals surface area contributed by atoms with Gasteiger partial charge in [-0.15, -0.1) is 0 Å². The first-order chi connectivity index (χ1) is 14.9. The zero-order valence-corrected chi connectivity index (χ0v) is 19.4. The third kappa shape index (κ3) is 5.42. The third-order valence-corrected chi connectivity index (χ3v) is 6.43. The monoisotopic (exact) mass is 427 g/mol. The highest BCUT2D eigenvalue weighted by Crippen LogP contribution is 2.41. The molecule has 0 aliphatic heterocycles. The Kier molecular flexibility index (Phi) is 6.87. The van der Waals surface area contributed by atoms with Gasteiger partial charge in [-0.2, -0.15) is 0 Å². The lowest BCUT2D eigenvalue weighted by molar-refractivity contribution is 0.121. The molecule has 31 heavy (non-hydrogen) atoms. The van der Waals surface area contributed by atoms with Crippen LogP contribution >= 0.6 is 0 Å². The molecule has 4 rings (SSSR count). The number of anilines is 1. The summed E-state index contributed by atoms with van der Waals surface area (Å²) in [5.41, 5.74) is 4.78. The van der Waals surface area contributed by atoms with E-state index in [4.69, 9.17) is 14.5 Å². The van der Waals surface area contributed by atoms with Gasteiger partial charge in [0.2, 0.25) is 0 Å². The van der Waals surface area contributed by atoms with Gasteiger partial charge in [0, 0.05) is 35.8 Å². The van der Waals surface area contributed by atoms with Crippen molar-refractivity contribution in [1.82, 2.24) is 9.88 Å². The van der Waals surface area contributed by atoms with E-state index in [2.05, 4.69) is 23.2 Å². The molecule has 170 valence electrons. The topological polar surface area (TPSA) is 66.8 Å². The Labute approximate surface area is 185 Å². The minimum absolute atomic E-state index is 0.366. The number of benzene rings is 1. The van der Waals surface area contributed by atoms with Crippen LogP contribution in [0.3, 0.4) is 0 Å². The van der Waals surface area contributed by atoms with E-state index in [0.717, 1.165) is 54.9 Å². The summed E-state index contributed by atoms with van der Waals surface area (Å²) in [6.07, 6.45) is 5.74. The summed E-state index contributed by atoms with van der Waals surface area (Å²) in [4.78, 5) is 7.09. The molecule has 2 aliphatic rings.